The van der Waals surface area contributed by atoms with Gasteiger partial charge in [-0.3, -0.25) is 9.69 Å². The molecule has 0 radical (unpaired) electrons. The molecule has 3 heteroatoms. The third-order valence-electron chi connectivity index (χ3n) is 5.32. The van der Waals surface area contributed by atoms with E-state index in [2.05, 4.69) is 70.5 Å². The summed E-state index contributed by atoms with van der Waals surface area (Å²) in [6.45, 7) is 2.44. The number of nitrogens with zero attached hydrogens (tertiary/aromatic N) is 2. The summed E-state index contributed by atoms with van der Waals surface area (Å²) in [5.41, 5.74) is 2.72. The summed E-state index contributed by atoms with van der Waals surface area (Å²) >= 11 is 0. The summed E-state index contributed by atoms with van der Waals surface area (Å²) in [5, 5.41) is 0. The molecule has 3 rings (SSSR count). The van der Waals surface area contributed by atoms with Crippen LogP contribution in [0.5, 0.6) is 0 Å². The highest BCUT2D eigenvalue weighted by Crippen LogP contribution is 2.19. The predicted molar refractivity (Wildman–Crippen MR) is 107 cm³/mol. The molecule has 0 atom stereocenters. The molecule has 0 bridgehead atoms. The van der Waals surface area contributed by atoms with Crippen LogP contribution in [0.1, 0.15) is 30.4 Å². The lowest BCUT2D eigenvalue weighted by Crippen LogP contribution is -2.43. The van der Waals surface area contributed by atoms with E-state index in [9.17, 15) is 4.79 Å². The van der Waals surface area contributed by atoms with Crippen molar-refractivity contribution in [3.63, 3.8) is 0 Å². The van der Waals surface area contributed by atoms with Crippen LogP contribution in [0.15, 0.2) is 60.7 Å². The third-order valence-corrected chi connectivity index (χ3v) is 5.32. The van der Waals surface area contributed by atoms with Crippen LogP contribution < -0.4 is 0 Å². The molecule has 1 aliphatic heterocycles. The molecule has 3 nitrogen and oxygen atoms in total. The van der Waals surface area contributed by atoms with Crippen LogP contribution in [0, 0.1) is 0 Å². The molecule has 1 heterocycles. The van der Waals surface area contributed by atoms with Crippen LogP contribution in [-0.4, -0.2) is 48.4 Å². The van der Waals surface area contributed by atoms with Crippen molar-refractivity contribution in [3.8, 4) is 0 Å². The first-order chi connectivity index (χ1) is 12.7. The Kier molecular flexibility index (Phi) is 6.84. The highest BCUT2D eigenvalue weighted by atomic mass is 16.2. The molecular formula is C23H30N2O. The SMILES string of the molecule is CN1CCCN(C(CCc2ccccc2)CCc2ccccc2)C(=O)C1. The first-order valence-electron chi connectivity index (χ1n) is 9.78. The maximum absolute atomic E-state index is 12.8. The second-order valence-corrected chi connectivity index (χ2v) is 7.38. The van der Waals surface area contributed by atoms with Gasteiger partial charge in [-0.15, -0.1) is 0 Å². The molecule has 0 N–H and O–H groups in total. The van der Waals surface area contributed by atoms with E-state index < -0.39 is 0 Å². The smallest absolute Gasteiger partial charge is 0.236 e. The highest BCUT2D eigenvalue weighted by Gasteiger charge is 2.26. The predicted octanol–water partition coefficient (Wildman–Crippen LogP) is 3.78. The lowest BCUT2D eigenvalue weighted by Gasteiger charge is -2.31. The Morgan fingerprint density at radius 1 is 0.846 bits per heavy atom. The molecule has 1 fully saturated rings. The molecule has 26 heavy (non-hydrogen) atoms. The zero-order valence-corrected chi connectivity index (χ0v) is 15.8. The summed E-state index contributed by atoms with van der Waals surface area (Å²) in [5.74, 6) is 0.288. The van der Waals surface area contributed by atoms with Crippen molar-refractivity contribution in [2.45, 2.75) is 38.1 Å². The molecule has 1 aliphatic rings. The molecule has 1 saturated heterocycles. The summed E-state index contributed by atoms with van der Waals surface area (Å²) in [6.07, 6.45) is 5.19. The van der Waals surface area contributed by atoms with E-state index in [0.717, 1.165) is 45.2 Å². The molecule has 138 valence electrons. The normalized spacial score (nSPS) is 16.1. The average molecular weight is 351 g/mol. The van der Waals surface area contributed by atoms with Gasteiger partial charge < -0.3 is 4.90 Å². The highest BCUT2D eigenvalue weighted by molar-refractivity contribution is 5.78. The van der Waals surface area contributed by atoms with Gasteiger partial charge in [-0.2, -0.15) is 0 Å². The summed E-state index contributed by atoms with van der Waals surface area (Å²) < 4.78 is 0. The first kappa shape index (κ1) is 18.7. The van der Waals surface area contributed by atoms with Crippen molar-refractivity contribution in [3.05, 3.63) is 71.8 Å². The van der Waals surface area contributed by atoms with Crippen molar-refractivity contribution in [1.82, 2.24) is 9.80 Å². The zero-order valence-electron chi connectivity index (χ0n) is 15.8. The maximum atomic E-state index is 12.8. The summed E-state index contributed by atoms with van der Waals surface area (Å²) in [6, 6.07) is 21.6. The Morgan fingerprint density at radius 3 is 1.92 bits per heavy atom. The van der Waals surface area contributed by atoms with Gasteiger partial charge in [0.1, 0.15) is 0 Å². The van der Waals surface area contributed by atoms with Gasteiger partial charge in [0.15, 0.2) is 0 Å². The van der Waals surface area contributed by atoms with E-state index in [1.807, 2.05) is 7.05 Å². The van der Waals surface area contributed by atoms with Gasteiger partial charge in [-0.1, -0.05) is 60.7 Å². The van der Waals surface area contributed by atoms with Gasteiger partial charge in [-0.05, 0) is 50.3 Å². The Balaban J connectivity index is 1.68. The average Bonchev–Trinajstić information content (AvgIpc) is 2.84. The van der Waals surface area contributed by atoms with Crippen LogP contribution >= 0.6 is 0 Å². The minimum absolute atomic E-state index is 0.288. The number of hydrogen-bond acceptors (Lipinski definition) is 2. The fourth-order valence-electron chi connectivity index (χ4n) is 3.83. The van der Waals surface area contributed by atoms with E-state index in [1.165, 1.54) is 11.1 Å². The van der Waals surface area contributed by atoms with Crippen LogP contribution in [-0.2, 0) is 17.6 Å². The minimum Gasteiger partial charge on any atom is -0.339 e. The second kappa shape index (κ2) is 9.54. The van der Waals surface area contributed by atoms with E-state index in [1.54, 1.807) is 0 Å². The minimum atomic E-state index is 0.288. The fraction of sp³-hybridized carbons (Fsp3) is 0.435. The van der Waals surface area contributed by atoms with Crippen LogP contribution in [0.3, 0.4) is 0 Å². The van der Waals surface area contributed by atoms with Crippen LogP contribution in [0.4, 0.5) is 0 Å². The fourth-order valence-corrected chi connectivity index (χ4v) is 3.83. The van der Waals surface area contributed by atoms with Gasteiger partial charge in [-0.25, -0.2) is 0 Å². The largest absolute Gasteiger partial charge is 0.339 e. The molecule has 0 aliphatic carbocycles. The van der Waals surface area contributed by atoms with E-state index >= 15 is 0 Å². The Labute approximate surface area is 157 Å². The van der Waals surface area contributed by atoms with Crippen molar-refractivity contribution >= 4 is 5.91 Å². The topological polar surface area (TPSA) is 23.6 Å². The Hall–Kier alpha value is -2.13. The van der Waals surface area contributed by atoms with Gasteiger partial charge in [0.2, 0.25) is 5.91 Å². The van der Waals surface area contributed by atoms with Crippen LogP contribution in [0.2, 0.25) is 0 Å². The van der Waals surface area contributed by atoms with Gasteiger partial charge >= 0.3 is 0 Å². The molecular weight excluding hydrogens is 320 g/mol. The quantitative estimate of drug-likeness (QED) is 0.759. The molecule has 2 aromatic carbocycles. The molecule has 0 unspecified atom stereocenters. The zero-order chi connectivity index (χ0) is 18.2. The maximum Gasteiger partial charge on any atom is 0.236 e. The third kappa shape index (κ3) is 5.43. The van der Waals surface area contributed by atoms with E-state index in [-0.39, 0.29) is 5.91 Å². The van der Waals surface area contributed by atoms with Crippen molar-refractivity contribution in [2.75, 3.05) is 26.7 Å². The number of carbonyl (C=O) groups excluding carboxylic acids is 1. The number of amides is 1. The molecule has 2 aromatic rings. The Bertz CT molecular complexity index is 628. The van der Waals surface area contributed by atoms with Gasteiger partial charge in [0.05, 0.1) is 6.54 Å². The summed E-state index contributed by atoms with van der Waals surface area (Å²) in [7, 11) is 2.05. The number of aryl methyl sites for hydroxylation is 2. The van der Waals surface area contributed by atoms with Crippen molar-refractivity contribution < 1.29 is 4.79 Å². The number of rotatable bonds is 7. The van der Waals surface area contributed by atoms with E-state index in [0.29, 0.717) is 12.6 Å². The Morgan fingerprint density at radius 2 is 1.38 bits per heavy atom. The number of likely N-dealkylation sites (N-methyl/N-ethyl adjacent to an activating group) is 1. The van der Waals surface area contributed by atoms with Gasteiger partial charge in [0.25, 0.3) is 0 Å². The lowest BCUT2D eigenvalue weighted by molar-refractivity contribution is -0.133. The van der Waals surface area contributed by atoms with E-state index in [4.69, 9.17) is 0 Å². The standard InChI is InChI=1S/C23H30N2O/c1-24-17-8-18-25(23(26)19-24)22(15-13-20-9-4-2-5-10-20)16-14-21-11-6-3-7-12-21/h2-7,9-12,22H,8,13-19H2,1H3. The molecule has 1 amide bonds. The molecule has 0 saturated carbocycles. The number of hydrogen-bond donors (Lipinski definition) is 0. The number of carbonyl (C=O) groups is 1. The lowest BCUT2D eigenvalue weighted by atomic mass is 9.97. The first-order valence-corrected chi connectivity index (χ1v) is 9.78. The van der Waals surface area contributed by atoms with Gasteiger partial charge in [0, 0.05) is 19.1 Å². The second-order valence-electron chi connectivity index (χ2n) is 7.38. The number of benzene rings is 2. The van der Waals surface area contributed by atoms with Crippen LogP contribution in [0.25, 0.3) is 0 Å². The molecule has 0 aromatic heterocycles. The van der Waals surface area contributed by atoms with Crippen molar-refractivity contribution in [2.24, 2.45) is 0 Å². The summed E-state index contributed by atoms with van der Waals surface area (Å²) in [4.78, 5) is 17.1. The van der Waals surface area contributed by atoms with Crippen molar-refractivity contribution in [1.29, 1.82) is 0 Å². The monoisotopic (exact) mass is 350 g/mol. The molecule has 0 spiro atoms.